The van der Waals surface area contributed by atoms with Gasteiger partial charge in [0.25, 0.3) is 0 Å². The van der Waals surface area contributed by atoms with Crippen LogP contribution in [0.4, 0.5) is 0 Å². The molecule has 3 nitrogen and oxygen atoms in total. The van der Waals surface area contributed by atoms with E-state index in [2.05, 4.69) is 22.2 Å². The largest absolute Gasteiger partial charge is 0.313 e. The van der Waals surface area contributed by atoms with Crippen molar-refractivity contribution in [2.24, 2.45) is 5.92 Å². The Morgan fingerprint density at radius 3 is 2.85 bits per heavy atom. The van der Waals surface area contributed by atoms with Crippen LogP contribution in [0, 0.1) is 5.92 Å². The van der Waals surface area contributed by atoms with E-state index >= 15 is 0 Å². The molecule has 1 aromatic rings. The minimum absolute atomic E-state index is 0.636. The first-order valence-electron chi connectivity index (χ1n) is 8.43. The molecule has 1 N–H and O–H groups in total. The Balaban J connectivity index is 1.75. The lowest BCUT2D eigenvalue weighted by Crippen LogP contribution is -2.34. The van der Waals surface area contributed by atoms with Crippen molar-refractivity contribution in [2.75, 3.05) is 6.54 Å². The van der Waals surface area contributed by atoms with Crippen LogP contribution in [0.2, 0.25) is 0 Å². The molecule has 1 saturated carbocycles. The molecule has 0 amide bonds. The minimum atomic E-state index is 0.636. The number of rotatable bonds is 6. The van der Waals surface area contributed by atoms with Crippen LogP contribution >= 0.6 is 0 Å². The monoisotopic (exact) mass is 273 g/mol. The summed E-state index contributed by atoms with van der Waals surface area (Å²) >= 11 is 0. The van der Waals surface area contributed by atoms with E-state index < -0.39 is 0 Å². The Morgan fingerprint density at radius 2 is 2.05 bits per heavy atom. The summed E-state index contributed by atoms with van der Waals surface area (Å²) in [6.45, 7) is 3.38. The number of fused-ring (bicyclic) bond motifs is 1. The number of nitrogens with zero attached hydrogens (tertiary/aromatic N) is 2. The van der Waals surface area contributed by atoms with Gasteiger partial charge in [0, 0.05) is 23.9 Å². The first kappa shape index (κ1) is 14.0. The van der Waals surface area contributed by atoms with Crippen molar-refractivity contribution in [3.8, 4) is 0 Å². The summed E-state index contributed by atoms with van der Waals surface area (Å²) in [6, 6.07) is 0.636. The Labute approximate surface area is 122 Å². The van der Waals surface area contributed by atoms with Gasteiger partial charge in [-0.05, 0) is 63.0 Å². The fourth-order valence-corrected chi connectivity index (χ4v) is 3.38. The zero-order chi connectivity index (χ0) is 13.8. The molecular weight excluding hydrogens is 246 g/mol. The second-order valence-electron chi connectivity index (χ2n) is 6.41. The van der Waals surface area contributed by atoms with Gasteiger partial charge in [0.2, 0.25) is 0 Å². The van der Waals surface area contributed by atoms with Crippen molar-refractivity contribution in [1.82, 2.24) is 15.3 Å². The zero-order valence-electron chi connectivity index (χ0n) is 12.7. The first-order valence-corrected chi connectivity index (χ1v) is 8.43. The lowest BCUT2D eigenvalue weighted by molar-refractivity contribution is 0.454. The molecule has 0 bridgehead atoms. The number of aromatic nitrogens is 2. The molecule has 0 aromatic carbocycles. The highest BCUT2D eigenvalue weighted by Crippen LogP contribution is 2.34. The highest BCUT2D eigenvalue weighted by Gasteiger charge is 2.31. The van der Waals surface area contributed by atoms with Gasteiger partial charge >= 0.3 is 0 Å². The van der Waals surface area contributed by atoms with Crippen molar-refractivity contribution in [1.29, 1.82) is 0 Å². The fraction of sp³-hybridized carbons (Fsp3) is 0.765. The van der Waals surface area contributed by atoms with Crippen LogP contribution in [0.5, 0.6) is 0 Å². The fourth-order valence-electron chi connectivity index (χ4n) is 3.38. The molecule has 110 valence electrons. The molecule has 0 aliphatic heterocycles. The molecule has 3 heteroatoms. The second-order valence-corrected chi connectivity index (χ2v) is 6.41. The lowest BCUT2D eigenvalue weighted by Gasteiger charge is -2.19. The van der Waals surface area contributed by atoms with Gasteiger partial charge in [-0.15, -0.1) is 0 Å². The van der Waals surface area contributed by atoms with Crippen molar-refractivity contribution in [2.45, 2.75) is 70.8 Å². The first-order chi connectivity index (χ1) is 9.88. The van der Waals surface area contributed by atoms with E-state index in [0.29, 0.717) is 6.04 Å². The molecule has 0 saturated heterocycles. The highest BCUT2D eigenvalue weighted by molar-refractivity contribution is 5.27. The maximum atomic E-state index is 4.64. The number of hydrogen-bond acceptors (Lipinski definition) is 3. The van der Waals surface area contributed by atoms with Crippen LogP contribution in [-0.4, -0.2) is 22.6 Å². The van der Waals surface area contributed by atoms with Gasteiger partial charge in [0.15, 0.2) is 0 Å². The predicted molar refractivity (Wildman–Crippen MR) is 81.8 cm³/mol. The van der Waals surface area contributed by atoms with E-state index in [4.69, 9.17) is 0 Å². The summed E-state index contributed by atoms with van der Waals surface area (Å²) in [5, 5.41) is 3.74. The number of hydrogen-bond donors (Lipinski definition) is 1. The van der Waals surface area contributed by atoms with Gasteiger partial charge in [-0.1, -0.05) is 13.3 Å². The summed E-state index contributed by atoms with van der Waals surface area (Å²) in [5.74, 6) is 0.887. The molecule has 1 fully saturated rings. The van der Waals surface area contributed by atoms with Crippen molar-refractivity contribution in [3.05, 3.63) is 23.3 Å². The van der Waals surface area contributed by atoms with Gasteiger partial charge < -0.3 is 5.32 Å². The smallest absolute Gasteiger partial charge is 0.115 e. The molecule has 20 heavy (non-hydrogen) atoms. The van der Waals surface area contributed by atoms with Crippen LogP contribution in [0.15, 0.2) is 6.33 Å². The maximum absolute atomic E-state index is 4.64. The van der Waals surface area contributed by atoms with Crippen LogP contribution < -0.4 is 5.32 Å². The van der Waals surface area contributed by atoms with Crippen molar-refractivity contribution < 1.29 is 0 Å². The normalized spacial score (nSPS) is 20.2. The molecule has 2 aliphatic carbocycles. The summed E-state index contributed by atoms with van der Waals surface area (Å²) in [5.41, 5.74) is 4.14. The summed E-state index contributed by atoms with van der Waals surface area (Å²) in [6.07, 6.45) is 13.2. The molecule has 1 atom stereocenters. The van der Waals surface area contributed by atoms with Crippen LogP contribution in [-0.2, 0) is 19.3 Å². The summed E-state index contributed by atoms with van der Waals surface area (Å²) < 4.78 is 0. The van der Waals surface area contributed by atoms with Gasteiger partial charge in [0.05, 0.1) is 0 Å². The van der Waals surface area contributed by atoms with E-state index in [9.17, 15) is 0 Å². The SMILES string of the molecule is CCCNC(Cc1ncnc2c1CCCCC2)C1CC1. The Hall–Kier alpha value is -0.960. The third kappa shape index (κ3) is 3.38. The standard InChI is InChI=1S/C17H27N3/c1-2-10-18-16(13-8-9-13)11-17-14-6-4-3-5-7-15(14)19-12-20-17/h12-13,16,18H,2-11H2,1H3. The molecule has 1 unspecified atom stereocenters. The minimum Gasteiger partial charge on any atom is -0.313 e. The van der Waals surface area contributed by atoms with Crippen molar-refractivity contribution >= 4 is 0 Å². The van der Waals surface area contributed by atoms with E-state index in [1.54, 1.807) is 6.33 Å². The topological polar surface area (TPSA) is 37.8 Å². The third-order valence-corrected chi connectivity index (χ3v) is 4.73. The van der Waals surface area contributed by atoms with Crippen LogP contribution in [0.25, 0.3) is 0 Å². The molecule has 1 heterocycles. The number of aryl methyl sites for hydroxylation is 1. The van der Waals surface area contributed by atoms with E-state index in [-0.39, 0.29) is 0 Å². The molecule has 2 aliphatic rings. The zero-order valence-corrected chi connectivity index (χ0v) is 12.7. The Morgan fingerprint density at radius 1 is 1.20 bits per heavy atom. The molecule has 0 spiro atoms. The average Bonchev–Trinajstić information content (AvgIpc) is 3.29. The maximum Gasteiger partial charge on any atom is 0.115 e. The van der Waals surface area contributed by atoms with E-state index in [1.165, 1.54) is 61.9 Å². The average molecular weight is 273 g/mol. The molecular formula is C17H27N3. The van der Waals surface area contributed by atoms with Gasteiger partial charge in [-0.25, -0.2) is 9.97 Å². The van der Waals surface area contributed by atoms with Gasteiger partial charge in [-0.2, -0.15) is 0 Å². The van der Waals surface area contributed by atoms with Crippen LogP contribution in [0.1, 0.15) is 62.4 Å². The van der Waals surface area contributed by atoms with Crippen molar-refractivity contribution in [3.63, 3.8) is 0 Å². The van der Waals surface area contributed by atoms with Gasteiger partial charge in [0.1, 0.15) is 6.33 Å². The quantitative estimate of drug-likeness (QED) is 0.809. The predicted octanol–water partition coefficient (Wildman–Crippen LogP) is 3.07. The Kier molecular flexibility index (Phi) is 4.66. The Bertz CT molecular complexity index is 440. The second kappa shape index (κ2) is 6.66. The molecule has 1 aromatic heterocycles. The lowest BCUT2D eigenvalue weighted by atomic mass is 9.99. The summed E-state index contributed by atoms with van der Waals surface area (Å²) in [4.78, 5) is 9.18. The van der Waals surface area contributed by atoms with E-state index in [1.807, 2.05) is 0 Å². The van der Waals surface area contributed by atoms with Gasteiger partial charge in [-0.3, -0.25) is 0 Å². The third-order valence-electron chi connectivity index (χ3n) is 4.73. The highest BCUT2D eigenvalue weighted by atomic mass is 14.9. The van der Waals surface area contributed by atoms with E-state index in [0.717, 1.165) is 25.3 Å². The summed E-state index contributed by atoms with van der Waals surface area (Å²) in [7, 11) is 0. The van der Waals surface area contributed by atoms with Crippen LogP contribution in [0.3, 0.4) is 0 Å². The molecule has 3 rings (SSSR count). The molecule has 0 radical (unpaired) electrons. The number of nitrogens with one attached hydrogen (secondary N) is 1.